The molecule has 0 radical (unpaired) electrons. The van der Waals surface area contributed by atoms with Gasteiger partial charge in [0.2, 0.25) is 5.91 Å². The number of carbonyl (C=O) groups is 1. The first-order valence-corrected chi connectivity index (χ1v) is 5.82. The zero-order valence-electron chi connectivity index (χ0n) is 8.74. The number of nitrogens with zero attached hydrogens (tertiary/aromatic N) is 1. The molecule has 1 saturated heterocycles. The molecule has 0 aromatic rings. The third kappa shape index (κ3) is 2.08. The van der Waals surface area contributed by atoms with Gasteiger partial charge in [0.25, 0.3) is 0 Å². The summed E-state index contributed by atoms with van der Waals surface area (Å²) in [6.07, 6.45) is 6.83. The van der Waals surface area contributed by atoms with Crippen molar-refractivity contribution < 1.29 is 4.79 Å². The van der Waals surface area contributed by atoms with Crippen molar-refractivity contribution in [2.75, 3.05) is 13.1 Å². The summed E-state index contributed by atoms with van der Waals surface area (Å²) in [5.41, 5.74) is 5.87. The van der Waals surface area contributed by atoms with Gasteiger partial charge < -0.3 is 10.6 Å². The van der Waals surface area contributed by atoms with Crippen LogP contribution in [0.25, 0.3) is 0 Å². The predicted octanol–water partition coefficient (Wildman–Crippen LogP) is 1.13. The van der Waals surface area contributed by atoms with E-state index in [2.05, 4.69) is 0 Å². The molecule has 2 aliphatic rings. The van der Waals surface area contributed by atoms with Gasteiger partial charge in [-0.25, -0.2) is 0 Å². The highest BCUT2D eigenvalue weighted by Gasteiger charge is 2.29. The minimum absolute atomic E-state index is 0.217. The summed E-state index contributed by atoms with van der Waals surface area (Å²) in [6.45, 7) is 1.72. The van der Waals surface area contributed by atoms with Crippen LogP contribution in [0.5, 0.6) is 0 Å². The van der Waals surface area contributed by atoms with Crippen LogP contribution in [0.3, 0.4) is 0 Å². The van der Waals surface area contributed by atoms with Gasteiger partial charge in [0.1, 0.15) is 0 Å². The monoisotopic (exact) mass is 196 g/mol. The van der Waals surface area contributed by atoms with Gasteiger partial charge in [-0.15, -0.1) is 0 Å². The van der Waals surface area contributed by atoms with Gasteiger partial charge in [0.05, 0.1) is 0 Å². The first kappa shape index (κ1) is 9.97. The molecule has 14 heavy (non-hydrogen) atoms. The topological polar surface area (TPSA) is 46.3 Å². The van der Waals surface area contributed by atoms with Crippen LogP contribution in [0.15, 0.2) is 0 Å². The lowest BCUT2D eigenvalue weighted by atomic mass is 10.0. The Morgan fingerprint density at radius 3 is 2.50 bits per heavy atom. The molecule has 1 heterocycles. The highest BCUT2D eigenvalue weighted by molar-refractivity contribution is 5.79. The normalized spacial score (nSPS) is 29.5. The summed E-state index contributed by atoms with van der Waals surface area (Å²) in [7, 11) is 0. The van der Waals surface area contributed by atoms with E-state index in [0.29, 0.717) is 11.8 Å². The van der Waals surface area contributed by atoms with Gasteiger partial charge in [0.15, 0.2) is 0 Å². The van der Waals surface area contributed by atoms with E-state index < -0.39 is 0 Å². The van der Waals surface area contributed by atoms with Crippen LogP contribution in [0.2, 0.25) is 0 Å². The average molecular weight is 196 g/mol. The Bertz CT molecular complexity index is 211. The van der Waals surface area contributed by atoms with Crippen LogP contribution in [-0.2, 0) is 4.79 Å². The van der Waals surface area contributed by atoms with E-state index in [0.717, 1.165) is 38.8 Å². The summed E-state index contributed by atoms with van der Waals surface area (Å²) < 4.78 is 0. The number of rotatable bonds is 1. The molecule has 3 heteroatoms. The average Bonchev–Trinajstić information content (AvgIpc) is 2.69. The van der Waals surface area contributed by atoms with Crippen molar-refractivity contribution in [3.63, 3.8) is 0 Å². The maximum absolute atomic E-state index is 12.0. The number of piperidine rings is 1. The van der Waals surface area contributed by atoms with Gasteiger partial charge in [-0.05, 0) is 25.7 Å². The Labute approximate surface area is 85.6 Å². The standard InChI is InChI=1S/C11H20N2O/c12-10-6-3-7-13(8-10)11(14)9-4-1-2-5-9/h9-10H,1-8,12H2/t10-/m0/s1. The molecule has 2 fully saturated rings. The second kappa shape index (κ2) is 4.30. The molecule has 80 valence electrons. The molecule has 1 aliphatic heterocycles. The van der Waals surface area contributed by atoms with Crippen molar-refractivity contribution in [3.05, 3.63) is 0 Å². The quantitative estimate of drug-likeness (QED) is 0.683. The summed E-state index contributed by atoms with van der Waals surface area (Å²) in [5, 5.41) is 0. The van der Waals surface area contributed by atoms with Crippen LogP contribution in [0.1, 0.15) is 38.5 Å². The van der Waals surface area contributed by atoms with Crippen LogP contribution in [0.4, 0.5) is 0 Å². The summed E-state index contributed by atoms with van der Waals surface area (Å²) in [5.74, 6) is 0.693. The first-order valence-electron chi connectivity index (χ1n) is 5.82. The van der Waals surface area contributed by atoms with E-state index in [9.17, 15) is 4.79 Å². The summed E-state index contributed by atoms with van der Waals surface area (Å²) >= 11 is 0. The highest BCUT2D eigenvalue weighted by atomic mass is 16.2. The number of carbonyl (C=O) groups excluding carboxylic acids is 1. The van der Waals surface area contributed by atoms with Crippen molar-refractivity contribution in [1.29, 1.82) is 0 Å². The van der Waals surface area contributed by atoms with Gasteiger partial charge in [-0.2, -0.15) is 0 Å². The Balaban J connectivity index is 1.89. The second-order valence-corrected chi connectivity index (χ2v) is 4.67. The zero-order chi connectivity index (χ0) is 9.97. The molecule has 1 aliphatic carbocycles. The maximum Gasteiger partial charge on any atom is 0.225 e. The van der Waals surface area contributed by atoms with Crippen molar-refractivity contribution >= 4 is 5.91 Å². The Hall–Kier alpha value is -0.570. The third-order valence-electron chi connectivity index (χ3n) is 3.47. The third-order valence-corrected chi connectivity index (χ3v) is 3.47. The molecule has 0 aromatic carbocycles. The summed E-state index contributed by atoms with van der Waals surface area (Å²) in [4.78, 5) is 14.0. The van der Waals surface area contributed by atoms with E-state index in [-0.39, 0.29) is 6.04 Å². The fourth-order valence-corrected chi connectivity index (χ4v) is 2.64. The van der Waals surface area contributed by atoms with Gasteiger partial charge in [0, 0.05) is 25.0 Å². The lowest BCUT2D eigenvalue weighted by Crippen LogP contribution is -2.47. The molecular weight excluding hydrogens is 176 g/mol. The van der Waals surface area contributed by atoms with Gasteiger partial charge in [-0.1, -0.05) is 12.8 Å². The second-order valence-electron chi connectivity index (χ2n) is 4.67. The molecule has 0 spiro atoms. The van der Waals surface area contributed by atoms with E-state index in [1.54, 1.807) is 0 Å². The number of likely N-dealkylation sites (tertiary alicyclic amines) is 1. The molecule has 1 saturated carbocycles. The molecule has 1 amide bonds. The van der Waals surface area contributed by atoms with Crippen molar-refractivity contribution in [2.45, 2.75) is 44.6 Å². The minimum atomic E-state index is 0.217. The predicted molar refractivity (Wildman–Crippen MR) is 55.7 cm³/mol. The molecule has 3 nitrogen and oxygen atoms in total. The molecule has 0 bridgehead atoms. The van der Waals surface area contributed by atoms with Crippen molar-refractivity contribution in [3.8, 4) is 0 Å². The van der Waals surface area contributed by atoms with Crippen molar-refractivity contribution in [1.82, 2.24) is 4.90 Å². The number of hydrogen-bond donors (Lipinski definition) is 1. The Kier molecular flexibility index (Phi) is 3.06. The van der Waals surface area contributed by atoms with Gasteiger partial charge >= 0.3 is 0 Å². The lowest BCUT2D eigenvalue weighted by Gasteiger charge is -2.32. The fourth-order valence-electron chi connectivity index (χ4n) is 2.64. The maximum atomic E-state index is 12.0. The van der Waals surface area contributed by atoms with Crippen LogP contribution < -0.4 is 5.73 Å². The highest BCUT2D eigenvalue weighted by Crippen LogP contribution is 2.27. The van der Waals surface area contributed by atoms with E-state index in [1.807, 2.05) is 4.90 Å². The Morgan fingerprint density at radius 2 is 1.86 bits per heavy atom. The van der Waals surface area contributed by atoms with E-state index in [4.69, 9.17) is 5.73 Å². The van der Waals surface area contributed by atoms with Crippen LogP contribution in [-0.4, -0.2) is 29.9 Å². The van der Waals surface area contributed by atoms with Gasteiger partial charge in [-0.3, -0.25) is 4.79 Å². The minimum Gasteiger partial charge on any atom is -0.341 e. The Morgan fingerprint density at radius 1 is 1.14 bits per heavy atom. The van der Waals surface area contributed by atoms with Crippen LogP contribution >= 0.6 is 0 Å². The SMILES string of the molecule is N[C@H]1CCCN(C(=O)C2CCCC2)C1. The molecule has 2 N–H and O–H groups in total. The van der Waals surface area contributed by atoms with E-state index >= 15 is 0 Å². The lowest BCUT2D eigenvalue weighted by molar-refractivity contribution is -0.136. The fraction of sp³-hybridized carbons (Fsp3) is 0.909. The molecule has 0 unspecified atom stereocenters. The largest absolute Gasteiger partial charge is 0.341 e. The number of amides is 1. The van der Waals surface area contributed by atoms with Crippen LogP contribution in [0, 0.1) is 5.92 Å². The summed E-state index contributed by atoms with van der Waals surface area (Å²) in [6, 6.07) is 0.217. The molecular formula is C11H20N2O. The molecule has 2 rings (SSSR count). The molecule has 1 atom stereocenters. The van der Waals surface area contributed by atoms with Crippen molar-refractivity contribution in [2.24, 2.45) is 11.7 Å². The number of nitrogens with two attached hydrogens (primary N) is 1. The van der Waals surface area contributed by atoms with E-state index in [1.165, 1.54) is 12.8 Å². The zero-order valence-corrected chi connectivity index (χ0v) is 8.74. The molecule has 0 aromatic heterocycles. The smallest absolute Gasteiger partial charge is 0.225 e. The number of hydrogen-bond acceptors (Lipinski definition) is 2. The first-order chi connectivity index (χ1) is 6.77.